The molecule has 2 atom stereocenters. The van der Waals surface area contributed by atoms with E-state index in [9.17, 15) is 5.11 Å². The molecule has 0 aliphatic rings. The molecule has 0 spiro atoms. The van der Waals surface area contributed by atoms with E-state index in [1.807, 2.05) is 13.8 Å². The Bertz CT molecular complexity index is 156. The van der Waals surface area contributed by atoms with Crippen molar-refractivity contribution < 1.29 is 9.84 Å². The van der Waals surface area contributed by atoms with Crippen molar-refractivity contribution in [3.05, 3.63) is 12.7 Å². The Labute approximate surface area is 88.0 Å². The third-order valence-electron chi connectivity index (χ3n) is 2.71. The fourth-order valence-corrected chi connectivity index (χ4v) is 1.68. The van der Waals surface area contributed by atoms with Gasteiger partial charge in [-0.3, -0.25) is 0 Å². The first-order chi connectivity index (χ1) is 6.66. The molecule has 0 saturated heterocycles. The summed E-state index contributed by atoms with van der Waals surface area (Å²) < 4.78 is 5.62. The zero-order valence-corrected chi connectivity index (χ0v) is 9.75. The highest BCUT2D eigenvalue weighted by Crippen LogP contribution is 2.25. The molecule has 0 heterocycles. The predicted octanol–water partition coefficient (Wildman–Crippen LogP) is 2.91. The van der Waals surface area contributed by atoms with E-state index in [0.29, 0.717) is 6.61 Å². The molecule has 0 aromatic rings. The Morgan fingerprint density at radius 3 is 2.43 bits per heavy atom. The van der Waals surface area contributed by atoms with Crippen molar-refractivity contribution in [3.63, 3.8) is 0 Å². The van der Waals surface area contributed by atoms with E-state index < -0.39 is 11.7 Å². The van der Waals surface area contributed by atoms with Crippen LogP contribution < -0.4 is 0 Å². The Morgan fingerprint density at radius 1 is 1.43 bits per heavy atom. The third-order valence-corrected chi connectivity index (χ3v) is 2.71. The van der Waals surface area contributed by atoms with E-state index in [0.717, 1.165) is 25.7 Å². The monoisotopic (exact) mass is 200 g/mol. The third kappa shape index (κ3) is 3.43. The molecule has 0 aromatic heterocycles. The zero-order chi connectivity index (χ0) is 11.0. The summed E-state index contributed by atoms with van der Waals surface area (Å²) in [4.78, 5) is 0. The summed E-state index contributed by atoms with van der Waals surface area (Å²) in [6.07, 6.45) is 5.01. The van der Waals surface area contributed by atoms with Gasteiger partial charge in [-0.25, -0.2) is 0 Å². The van der Waals surface area contributed by atoms with Crippen LogP contribution in [0, 0.1) is 0 Å². The zero-order valence-electron chi connectivity index (χ0n) is 9.75. The summed E-state index contributed by atoms with van der Waals surface area (Å²) in [5.74, 6) is 0. The van der Waals surface area contributed by atoms with Crippen molar-refractivity contribution in [3.8, 4) is 0 Å². The molecule has 84 valence electrons. The van der Waals surface area contributed by atoms with Gasteiger partial charge in [0.05, 0.1) is 6.10 Å². The molecular weight excluding hydrogens is 176 g/mol. The Balaban J connectivity index is 4.36. The summed E-state index contributed by atoms with van der Waals surface area (Å²) in [7, 11) is 0. The Hall–Kier alpha value is -0.340. The fraction of sp³-hybridized carbons (Fsp3) is 0.833. The van der Waals surface area contributed by atoms with Gasteiger partial charge in [0, 0.05) is 6.61 Å². The van der Waals surface area contributed by atoms with E-state index in [1.54, 1.807) is 6.08 Å². The molecule has 0 amide bonds. The standard InChI is InChI=1S/C12H24O2/c1-5-9-10-11(13)12(6-2,7-3)14-8-4/h6,11,13H,2,5,7-10H2,1,3-4H3/t11-,12+/m0/s1. The second-order valence-electron chi connectivity index (χ2n) is 3.60. The maximum atomic E-state index is 10.0. The van der Waals surface area contributed by atoms with Crippen molar-refractivity contribution >= 4 is 0 Å². The van der Waals surface area contributed by atoms with Crippen molar-refractivity contribution in [1.82, 2.24) is 0 Å². The van der Waals surface area contributed by atoms with Crippen molar-refractivity contribution in [1.29, 1.82) is 0 Å². The number of hydrogen-bond acceptors (Lipinski definition) is 2. The van der Waals surface area contributed by atoms with Gasteiger partial charge in [0.15, 0.2) is 0 Å². The average molecular weight is 200 g/mol. The second-order valence-corrected chi connectivity index (χ2v) is 3.60. The number of aliphatic hydroxyl groups excluding tert-OH is 1. The van der Waals surface area contributed by atoms with Crippen LogP contribution in [0.4, 0.5) is 0 Å². The molecule has 0 bridgehead atoms. The fourth-order valence-electron chi connectivity index (χ4n) is 1.68. The van der Waals surface area contributed by atoms with E-state index >= 15 is 0 Å². The van der Waals surface area contributed by atoms with Crippen LogP contribution in [0.3, 0.4) is 0 Å². The van der Waals surface area contributed by atoms with Crippen LogP contribution in [-0.2, 0) is 4.74 Å². The van der Waals surface area contributed by atoms with Gasteiger partial charge in [0.25, 0.3) is 0 Å². The maximum absolute atomic E-state index is 10.0. The lowest BCUT2D eigenvalue weighted by Gasteiger charge is -2.34. The van der Waals surface area contributed by atoms with Gasteiger partial charge >= 0.3 is 0 Å². The topological polar surface area (TPSA) is 29.5 Å². The summed E-state index contributed by atoms with van der Waals surface area (Å²) >= 11 is 0. The molecule has 1 N–H and O–H groups in total. The molecule has 0 unspecified atom stereocenters. The number of unbranched alkanes of at least 4 members (excludes halogenated alkanes) is 1. The summed E-state index contributed by atoms with van der Waals surface area (Å²) in [5.41, 5.74) is -0.538. The van der Waals surface area contributed by atoms with E-state index in [4.69, 9.17) is 4.74 Å². The van der Waals surface area contributed by atoms with Crippen LogP contribution in [0.25, 0.3) is 0 Å². The summed E-state index contributed by atoms with van der Waals surface area (Å²) in [6, 6.07) is 0. The lowest BCUT2D eigenvalue weighted by molar-refractivity contribution is -0.0929. The van der Waals surface area contributed by atoms with Crippen LogP contribution in [0.1, 0.15) is 46.5 Å². The molecule has 0 aliphatic heterocycles. The van der Waals surface area contributed by atoms with Gasteiger partial charge in [-0.2, -0.15) is 0 Å². The minimum absolute atomic E-state index is 0.426. The first-order valence-corrected chi connectivity index (χ1v) is 5.62. The molecule has 0 saturated carbocycles. The van der Waals surface area contributed by atoms with Crippen LogP contribution in [0.5, 0.6) is 0 Å². The first kappa shape index (κ1) is 13.7. The van der Waals surface area contributed by atoms with Gasteiger partial charge in [-0.1, -0.05) is 32.8 Å². The highest BCUT2D eigenvalue weighted by Gasteiger charge is 2.33. The molecule has 0 aromatic carbocycles. The molecule has 0 fully saturated rings. The van der Waals surface area contributed by atoms with Gasteiger partial charge < -0.3 is 9.84 Å². The summed E-state index contributed by atoms with van der Waals surface area (Å²) in [5, 5.41) is 10.0. The van der Waals surface area contributed by atoms with Crippen LogP contribution in [-0.4, -0.2) is 23.4 Å². The van der Waals surface area contributed by atoms with Crippen molar-refractivity contribution in [2.75, 3.05) is 6.61 Å². The normalized spacial score (nSPS) is 17.4. The van der Waals surface area contributed by atoms with Crippen LogP contribution in [0.15, 0.2) is 12.7 Å². The maximum Gasteiger partial charge on any atom is 0.111 e. The highest BCUT2D eigenvalue weighted by atomic mass is 16.5. The molecule has 2 nitrogen and oxygen atoms in total. The molecule has 0 aliphatic carbocycles. The molecule has 0 rings (SSSR count). The molecule has 14 heavy (non-hydrogen) atoms. The average Bonchev–Trinajstić information content (AvgIpc) is 2.22. The Morgan fingerprint density at radius 2 is 2.07 bits per heavy atom. The largest absolute Gasteiger partial charge is 0.390 e. The van der Waals surface area contributed by atoms with E-state index in [1.165, 1.54) is 0 Å². The minimum Gasteiger partial charge on any atom is -0.390 e. The smallest absolute Gasteiger partial charge is 0.111 e. The van der Waals surface area contributed by atoms with E-state index in [-0.39, 0.29) is 0 Å². The Kier molecular flexibility index (Phi) is 6.85. The predicted molar refractivity (Wildman–Crippen MR) is 60.4 cm³/mol. The molecule has 0 radical (unpaired) electrons. The van der Waals surface area contributed by atoms with Gasteiger partial charge in [0.2, 0.25) is 0 Å². The number of rotatable bonds is 8. The van der Waals surface area contributed by atoms with Crippen molar-refractivity contribution in [2.45, 2.75) is 58.2 Å². The van der Waals surface area contributed by atoms with Crippen LogP contribution in [0.2, 0.25) is 0 Å². The second kappa shape index (κ2) is 7.02. The van der Waals surface area contributed by atoms with Gasteiger partial charge in [0.1, 0.15) is 5.60 Å². The number of ether oxygens (including phenoxy) is 1. The number of hydrogen-bond donors (Lipinski definition) is 1. The highest BCUT2D eigenvalue weighted by molar-refractivity contribution is 5.01. The summed E-state index contributed by atoms with van der Waals surface area (Å²) in [6.45, 7) is 10.5. The quantitative estimate of drug-likeness (QED) is 0.610. The SMILES string of the molecule is C=C[C@](CC)(OCC)[C@@H](O)CCCC. The van der Waals surface area contributed by atoms with Gasteiger partial charge in [-0.15, -0.1) is 6.58 Å². The lowest BCUT2D eigenvalue weighted by Crippen LogP contribution is -2.42. The molecule has 2 heteroatoms. The molecular formula is C12H24O2. The van der Waals surface area contributed by atoms with Crippen LogP contribution >= 0.6 is 0 Å². The minimum atomic E-state index is -0.538. The number of aliphatic hydroxyl groups is 1. The lowest BCUT2D eigenvalue weighted by atomic mass is 9.90. The van der Waals surface area contributed by atoms with E-state index in [2.05, 4.69) is 13.5 Å². The first-order valence-electron chi connectivity index (χ1n) is 5.62. The van der Waals surface area contributed by atoms with Crippen molar-refractivity contribution in [2.24, 2.45) is 0 Å². The van der Waals surface area contributed by atoms with Gasteiger partial charge in [-0.05, 0) is 19.8 Å².